The van der Waals surface area contributed by atoms with E-state index in [0.717, 1.165) is 15.7 Å². The van der Waals surface area contributed by atoms with E-state index in [4.69, 9.17) is 0 Å². The Morgan fingerprint density at radius 3 is 2.57 bits per heavy atom. The topological polar surface area (TPSA) is 29.1 Å². The third-order valence-electron chi connectivity index (χ3n) is 1.75. The van der Waals surface area contributed by atoms with Gasteiger partial charge in [-0.15, -0.1) is 0 Å². The van der Waals surface area contributed by atoms with Gasteiger partial charge in [0.15, 0.2) is 0 Å². The third-order valence-corrected chi connectivity index (χ3v) is 3.54. The summed E-state index contributed by atoms with van der Waals surface area (Å²) in [5.41, 5.74) is 0.841. The van der Waals surface area contributed by atoms with Crippen LogP contribution in [0.4, 0.5) is 5.69 Å². The summed E-state index contributed by atoms with van der Waals surface area (Å²) in [6.45, 7) is 1.97. The van der Waals surface area contributed by atoms with Crippen LogP contribution in [0.5, 0.6) is 0 Å². The molecule has 0 saturated carbocycles. The van der Waals surface area contributed by atoms with Crippen molar-refractivity contribution in [3.05, 3.63) is 27.8 Å². The van der Waals surface area contributed by atoms with Gasteiger partial charge in [-0.05, 0) is 53.3 Å². The van der Waals surface area contributed by atoms with Crippen LogP contribution in [0.1, 0.15) is 13.3 Å². The number of alkyl halides is 1. The van der Waals surface area contributed by atoms with E-state index in [1.165, 1.54) is 0 Å². The summed E-state index contributed by atoms with van der Waals surface area (Å²) < 4.78 is 1.16. The van der Waals surface area contributed by atoms with Gasteiger partial charge in [-0.1, -0.05) is 22.9 Å². The highest BCUT2D eigenvalue weighted by Crippen LogP contribution is 2.13. The molecule has 1 amide bonds. The molecule has 0 spiro atoms. The van der Waals surface area contributed by atoms with Gasteiger partial charge in [0.25, 0.3) is 0 Å². The van der Waals surface area contributed by atoms with Crippen molar-refractivity contribution >= 4 is 50.1 Å². The summed E-state index contributed by atoms with van der Waals surface area (Å²) in [5, 5.41) is 2.83. The van der Waals surface area contributed by atoms with Crippen molar-refractivity contribution in [2.45, 2.75) is 18.2 Å². The van der Waals surface area contributed by atoms with Crippen LogP contribution in [-0.2, 0) is 4.79 Å². The molecule has 76 valence electrons. The highest BCUT2D eigenvalue weighted by Gasteiger charge is 2.11. The summed E-state index contributed by atoms with van der Waals surface area (Å²) in [4.78, 5) is 11.4. The molecule has 4 heteroatoms. The highest BCUT2D eigenvalue weighted by molar-refractivity contribution is 14.1. The van der Waals surface area contributed by atoms with Crippen LogP contribution in [-0.4, -0.2) is 10.7 Å². The number of hydrogen-bond acceptors (Lipinski definition) is 1. The van der Waals surface area contributed by atoms with E-state index in [-0.39, 0.29) is 10.7 Å². The summed E-state index contributed by atoms with van der Waals surface area (Å²) in [5.74, 6) is 0.00806. The number of carbonyl (C=O) groups excluding carboxylic acids is 1. The fraction of sp³-hybridized carbons (Fsp3) is 0.300. The third kappa shape index (κ3) is 3.57. The molecule has 1 unspecified atom stereocenters. The molecule has 14 heavy (non-hydrogen) atoms. The van der Waals surface area contributed by atoms with E-state index in [0.29, 0.717) is 0 Å². The maximum absolute atomic E-state index is 11.5. The van der Waals surface area contributed by atoms with Gasteiger partial charge in [-0.25, -0.2) is 0 Å². The van der Waals surface area contributed by atoms with Crippen LogP contribution >= 0.6 is 38.5 Å². The molecule has 0 aromatic heterocycles. The number of benzene rings is 1. The van der Waals surface area contributed by atoms with Crippen LogP contribution in [0, 0.1) is 3.57 Å². The predicted molar refractivity (Wildman–Crippen MR) is 70.8 cm³/mol. The average Bonchev–Trinajstić information content (AvgIpc) is 2.20. The maximum atomic E-state index is 11.5. The first-order valence-electron chi connectivity index (χ1n) is 4.34. The van der Waals surface area contributed by atoms with Crippen LogP contribution < -0.4 is 5.32 Å². The lowest BCUT2D eigenvalue weighted by atomic mass is 10.3. The van der Waals surface area contributed by atoms with Gasteiger partial charge in [0.2, 0.25) is 5.91 Å². The Balaban J connectivity index is 2.60. The molecule has 1 atom stereocenters. The minimum Gasteiger partial charge on any atom is -0.325 e. The Kier molecular flexibility index (Phi) is 4.88. The van der Waals surface area contributed by atoms with Gasteiger partial charge in [0.1, 0.15) is 0 Å². The first-order chi connectivity index (χ1) is 6.63. The smallest absolute Gasteiger partial charge is 0.238 e. The van der Waals surface area contributed by atoms with Gasteiger partial charge in [0.05, 0.1) is 4.83 Å². The number of rotatable bonds is 3. The van der Waals surface area contributed by atoms with Crippen LogP contribution in [0.15, 0.2) is 24.3 Å². The van der Waals surface area contributed by atoms with Crippen molar-refractivity contribution < 1.29 is 4.79 Å². The summed E-state index contributed by atoms with van der Waals surface area (Å²) >= 11 is 5.53. The van der Waals surface area contributed by atoms with Crippen LogP contribution in [0.3, 0.4) is 0 Å². The van der Waals surface area contributed by atoms with Gasteiger partial charge in [-0.3, -0.25) is 4.79 Å². The molecule has 1 aromatic rings. The zero-order valence-electron chi connectivity index (χ0n) is 7.76. The normalized spacial score (nSPS) is 12.2. The standard InChI is InChI=1S/C10H11BrINO/c1-2-9(11)10(14)13-8-5-3-7(12)4-6-8/h3-6,9H,2H2,1H3,(H,13,14). The lowest BCUT2D eigenvalue weighted by Crippen LogP contribution is -2.21. The summed E-state index contributed by atoms with van der Waals surface area (Å²) in [7, 11) is 0. The molecule has 1 N–H and O–H groups in total. The Bertz CT molecular complexity index is 312. The molecule has 1 rings (SSSR count). The second-order valence-corrected chi connectivity index (χ2v) is 5.22. The Hall–Kier alpha value is -0.100. The van der Waals surface area contributed by atoms with E-state index < -0.39 is 0 Å². The number of anilines is 1. The fourth-order valence-electron chi connectivity index (χ4n) is 0.939. The number of carbonyl (C=O) groups is 1. The molecule has 1 aromatic carbocycles. The van der Waals surface area contributed by atoms with E-state index in [1.54, 1.807) is 0 Å². The average molecular weight is 368 g/mol. The Morgan fingerprint density at radius 2 is 2.07 bits per heavy atom. The molecule has 2 nitrogen and oxygen atoms in total. The monoisotopic (exact) mass is 367 g/mol. The zero-order chi connectivity index (χ0) is 10.6. The van der Waals surface area contributed by atoms with Gasteiger partial charge in [0, 0.05) is 9.26 Å². The first kappa shape index (κ1) is 12.0. The van der Waals surface area contributed by atoms with Crippen LogP contribution in [0.25, 0.3) is 0 Å². The van der Waals surface area contributed by atoms with E-state index in [1.807, 2.05) is 31.2 Å². The van der Waals surface area contributed by atoms with Crippen molar-refractivity contribution in [3.8, 4) is 0 Å². The quantitative estimate of drug-likeness (QED) is 0.643. The fourth-order valence-corrected chi connectivity index (χ4v) is 1.41. The molecule has 0 aliphatic heterocycles. The lowest BCUT2D eigenvalue weighted by molar-refractivity contribution is -0.115. The number of halogens is 2. The van der Waals surface area contributed by atoms with E-state index in [2.05, 4.69) is 43.8 Å². The van der Waals surface area contributed by atoms with Crippen molar-refractivity contribution in [2.24, 2.45) is 0 Å². The minimum atomic E-state index is -0.109. The second kappa shape index (κ2) is 5.70. The van der Waals surface area contributed by atoms with Crippen molar-refractivity contribution in [3.63, 3.8) is 0 Å². The van der Waals surface area contributed by atoms with Gasteiger partial charge < -0.3 is 5.32 Å². The molecule has 0 fully saturated rings. The lowest BCUT2D eigenvalue weighted by Gasteiger charge is -2.08. The highest BCUT2D eigenvalue weighted by atomic mass is 127. The number of hydrogen-bond donors (Lipinski definition) is 1. The number of nitrogens with one attached hydrogen (secondary N) is 1. The van der Waals surface area contributed by atoms with Gasteiger partial charge in [-0.2, -0.15) is 0 Å². The Labute approximate surface area is 106 Å². The van der Waals surface area contributed by atoms with Crippen molar-refractivity contribution in [1.29, 1.82) is 0 Å². The molecule has 0 aliphatic rings. The molecule has 0 radical (unpaired) electrons. The van der Waals surface area contributed by atoms with Crippen molar-refractivity contribution in [2.75, 3.05) is 5.32 Å². The molecule has 0 saturated heterocycles. The minimum absolute atomic E-state index is 0.00806. The second-order valence-electron chi connectivity index (χ2n) is 2.87. The largest absolute Gasteiger partial charge is 0.325 e. The summed E-state index contributed by atoms with van der Waals surface area (Å²) in [6, 6.07) is 7.72. The number of amides is 1. The van der Waals surface area contributed by atoms with Gasteiger partial charge >= 0.3 is 0 Å². The maximum Gasteiger partial charge on any atom is 0.238 e. The van der Waals surface area contributed by atoms with E-state index in [9.17, 15) is 4.79 Å². The molecule has 0 bridgehead atoms. The zero-order valence-corrected chi connectivity index (χ0v) is 11.5. The van der Waals surface area contributed by atoms with E-state index >= 15 is 0 Å². The first-order valence-corrected chi connectivity index (χ1v) is 6.33. The van der Waals surface area contributed by atoms with Crippen LogP contribution in [0.2, 0.25) is 0 Å². The van der Waals surface area contributed by atoms with Crippen molar-refractivity contribution in [1.82, 2.24) is 0 Å². The SMILES string of the molecule is CCC(Br)C(=O)Nc1ccc(I)cc1. The predicted octanol–water partition coefficient (Wildman–Crippen LogP) is 3.40. The molecule has 0 aliphatic carbocycles. The molecular weight excluding hydrogens is 357 g/mol. The molecular formula is C10H11BrINO. The molecule has 0 heterocycles. The summed E-state index contributed by atoms with van der Waals surface area (Å²) in [6.07, 6.45) is 0.788. The Morgan fingerprint density at radius 1 is 1.50 bits per heavy atom.